The van der Waals surface area contributed by atoms with Crippen LogP contribution in [-0.4, -0.2) is 26.9 Å². The van der Waals surface area contributed by atoms with Gasteiger partial charge in [0, 0.05) is 18.0 Å². The minimum atomic E-state index is -0.322. The molecule has 0 fully saturated rings. The van der Waals surface area contributed by atoms with Crippen LogP contribution in [0.2, 0.25) is 5.02 Å². The third kappa shape index (κ3) is 6.52. The summed E-state index contributed by atoms with van der Waals surface area (Å²) in [4.78, 5) is 34.3. The fourth-order valence-corrected chi connectivity index (χ4v) is 5.11. The van der Waals surface area contributed by atoms with Gasteiger partial charge in [0.15, 0.2) is 0 Å². The number of amides is 1. The molecule has 1 amide bonds. The molecule has 188 valence electrons. The molecule has 5 nitrogen and oxygen atoms in total. The molecule has 0 spiro atoms. The lowest BCUT2D eigenvalue weighted by molar-refractivity contribution is -0.135. The normalized spacial score (nSPS) is 13.6. The summed E-state index contributed by atoms with van der Waals surface area (Å²) in [5.41, 5.74) is 1.35. The van der Waals surface area contributed by atoms with E-state index in [0.717, 1.165) is 12.8 Å². The van der Waals surface area contributed by atoms with Gasteiger partial charge in [-0.05, 0) is 67.0 Å². The second kappa shape index (κ2) is 11.4. The Labute approximate surface area is 214 Å². The van der Waals surface area contributed by atoms with Gasteiger partial charge in [-0.15, -0.1) is 0 Å². The first-order valence-corrected chi connectivity index (χ1v) is 13.0. The average Bonchev–Trinajstić information content (AvgIpc) is 2.78. The number of aromatic nitrogens is 2. The molecular weight excluding hydrogens is 458 g/mol. The molecule has 3 aromatic rings. The van der Waals surface area contributed by atoms with Crippen molar-refractivity contribution in [1.29, 1.82) is 0 Å². The zero-order chi connectivity index (χ0) is 25.8. The van der Waals surface area contributed by atoms with E-state index >= 15 is 0 Å². The Hall–Kier alpha value is -2.66. The van der Waals surface area contributed by atoms with Gasteiger partial charge >= 0.3 is 0 Å². The molecule has 0 saturated carbocycles. The maximum Gasteiger partial charge on any atom is 0.266 e. The minimum absolute atomic E-state index is 0.112. The van der Waals surface area contributed by atoms with E-state index in [2.05, 4.69) is 34.6 Å². The molecule has 6 heteroatoms. The first-order chi connectivity index (χ1) is 16.6. The lowest BCUT2D eigenvalue weighted by Crippen LogP contribution is -2.39. The predicted octanol–water partition coefficient (Wildman–Crippen LogP) is 7.19. The molecule has 2 unspecified atom stereocenters. The summed E-state index contributed by atoms with van der Waals surface area (Å²) < 4.78 is 1.65. The molecule has 2 aromatic carbocycles. The van der Waals surface area contributed by atoms with E-state index in [9.17, 15) is 9.59 Å². The highest BCUT2D eigenvalue weighted by Gasteiger charge is 2.30. The summed E-state index contributed by atoms with van der Waals surface area (Å²) in [6.45, 7) is 13.5. The highest BCUT2D eigenvalue weighted by Crippen LogP contribution is 2.30. The standard InChI is InChI=1S/C29H38ClN3O2/c1-7-17-32(26(34)18-20(3)19-29(4,5)6)25(8-2)27-31-24-12-10-9-11-23(24)28(35)33(27)22-15-13-21(30)14-16-22/h9-16,20,25H,7-8,17-19H2,1-6H3. The van der Waals surface area contributed by atoms with Crippen molar-refractivity contribution in [2.45, 2.75) is 73.3 Å². The Bertz CT molecular complexity index is 1210. The third-order valence-corrected chi connectivity index (χ3v) is 6.47. The monoisotopic (exact) mass is 495 g/mol. The first kappa shape index (κ1) is 26.9. The van der Waals surface area contributed by atoms with Crippen LogP contribution in [0.5, 0.6) is 0 Å². The number of benzene rings is 2. The Balaban J connectivity index is 2.14. The zero-order valence-corrected chi connectivity index (χ0v) is 22.6. The molecule has 0 saturated heterocycles. The van der Waals surface area contributed by atoms with E-state index in [1.54, 1.807) is 22.8 Å². The fourth-order valence-electron chi connectivity index (χ4n) is 4.98. The van der Waals surface area contributed by atoms with E-state index in [1.807, 2.05) is 42.2 Å². The quantitative estimate of drug-likeness (QED) is 0.315. The van der Waals surface area contributed by atoms with Gasteiger partial charge in [0.25, 0.3) is 5.56 Å². The van der Waals surface area contributed by atoms with Gasteiger partial charge in [0.1, 0.15) is 5.82 Å². The Morgan fingerprint density at radius 1 is 1.09 bits per heavy atom. The van der Waals surface area contributed by atoms with Gasteiger partial charge in [-0.1, -0.05) is 65.3 Å². The van der Waals surface area contributed by atoms with Crippen molar-refractivity contribution in [2.24, 2.45) is 11.3 Å². The number of rotatable bonds is 9. The maximum atomic E-state index is 13.7. The SMILES string of the molecule is CCCN(C(=O)CC(C)CC(C)(C)C)C(CC)c1nc2ccccc2c(=O)n1-c1ccc(Cl)cc1. The number of carbonyl (C=O) groups excluding carboxylic acids is 1. The summed E-state index contributed by atoms with van der Waals surface area (Å²) >= 11 is 6.14. The topological polar surface area (TPSA) is 55.2 Å². The van der Waals surface area contributed by atoms with Gasteiger partial charge in [-0.25, -0.2) is 4.98 Å². The van der Waals surface area contributed by atoms with Crippen LogP contribution < -0.4 is 5.56 Å². The first-order valence-electron chi connectivity index (χ1n) is 12.6. The van der Waals surface area contributed by atoms with Crippen LogP contribution in [0, 0.1) is 11.3 Å². The predicted molar refractivity (Wildman–Crippen MR) is 145 cm³/mol. The van der Waals surface area contributed by atoms with Crippen LogP contribution in [0.25, 0.3) is 16.6 Å². The number of carbonyl (C=O) groups is 1. The van der Waals surface area contributed by atoms with E-state index in [0.29, 0.717) is 46.8 Å². The van der Waals surface area contributed by atoms with Gasteiger partial charge in [-0.2, -0.15) is 0 Å². The number of hydrogen-bond acceptors (Lipinski definition) is 3. The lowest BCUT2D eigenvalue weighted by Gasteiger charge is -2.33. The summed E-state index contributed by atoms with van der Waals surface area (Å²) in [7, 11) is 0. The molecule has 0 aliphatic rings. The average molecular weight is 496 g/mol. The van der Waals surface area contributed by atoms with Crippen LogP contribution in [0.3, 0.4) is 0 Å². The molecule has 0 bridgehead atoms. The van der Waals surface area contributed by atoms with Crippen molar-refractivity contribution in [1.82, 2.24) is 14.5 Å². The number of nitrogens with zero attached hydrogens (tertiary/aromatic N) is 3. The lowest BCUT2D eigenvalue weighted by atomic mass is 9.84. The van der Waals surface area contributed by atoms with Crippen molar-refractivity contribution in [3.05, 3.63) is 69.7 Å². The zero-order valence-electron chi connectivity index (χ0n) is 21.8. The second-order valence-electron chi connectivity index (χ2n) is 10.7. The van der Waals surface area contributed by atoms with Crippen LogP contribution in [0.4, 0.5) is 0 Å². The van der Waals surface area contributed by atoms with Gasteiger partial charge in [-0.3, -0.25) is 14.2 Å². The number of fused-ring (bicyclic) bond motifs is 1. The minimum Gasteiger partial charge on any atom is -0.333 e. The molecule has 0 N–H and O–H groups in total. The molecule has 1 aromatic heterocycles. The number of halogens is 1. The van der Waals surface area contributed by atoms with Crippen molar-refractivity contribution < 1.29 is 4.79 Å². The Kier molecular flexibility index (Phi) is 8.76. The van der Waals surface area contributed by atoms with E-state index in [1.165, 1.54) is 0 Å². The molecule has 0 aliphatic heterocycles. The van der Waals surface area contributed by atoms with Crippen LogP contribution in [0.15, 0.2) is 53.3 Å². The van der Waals surface area contributed by atoms with Crippen LogP contribution in [-0.2, 0) is 4.79 Å². The Morgan fingerprint density at radius 3 is 2.34 bits per heavy atom. The summed E-state index contributed by atoms with van der Waals surface area (Å²) in [6.07, 6.45) is 2.93. The smallest absolute Gasteiger partial charge is 0.266 e. The fraction of sp³-hybridized carbons (Fsp3) is 0.483. The summed E-state index contributed by atoms with van der Waals surface area (Å²) in [6, 6.07) is 14.3. The van der Waals surface area contributed by atoms with Crippen molar-refractivity contribution >= 4 is 28.4 Å². The number of hydrogen-bond donors (Lipinski definition) is 0. The second-order valence-corrected chi connectivity index (χ2v) is 11.1. The van der Waals surface area contributed by atoms with Crippen LogP contribution in [0.1, 0.15) is 79.1 Å². The molecule has 2 atom stereocenters. The third-order valence-electron chi connectivity index (χ3n) is 6.22. The largest absolute Gasteiger partial charge is 0.333 e. The van der Waals surface area contributed by atoms with Gasteiger partial charge in [0.2, 0.25) is 5.91 Å². The van der Waals surface area contributed by atoms with Crippen molar-refractivity contribution in [3.8, 4) is 5.69 Å². The van der Waals surface area contributed by atoms with E-state index in [-0.39, 0.29) is 28.8 Å². The summed E-state index contributed by atoms with van der Waals surface area (Å²) in [5.74, 6) is 0.965. The molecule has 3 rings (SSSR count). The van der Waals surface area contributed by atoms with Gasteiger partial charge < -0.3 is 4.90 Å². The number of para-hydroxylation sites is 1. The highest BCUT2D eigenvalue weighted by molar-refractivity contribution is 6.30. The summed E-state index contributed by atoms with van der Waals surface area (Å²) in [5, 5.41) is 1.15. The van der Waals surface area contributed by atoms with Crippen molar-refractivity contribution in [2.75, 3.05) is 6.54 Å². The molecule has 0 radical (unpaired) electrons. The highest BCUT2D eigenvalue weighted by atomic mass is 35.5. The molecular formula is C29H38ClN3O2. The Morgan fingerprint density at radius 2 is 1.74 bits per heavy atom. The van der Waals surface area contributed by atoms with Gasteiger partial charge in [0.05, 0.1) is 22.6 Å². The van der Waals surface area contributed by atoms with E-state index in [4.69, 9.17) is 16.6 Å². The van der Waals surface area contributed by atoms with Crippen molar-refractivity contribution in [3.63, 3.8) is 0 Å². The molecule has 35 heavy (non-hydrogen) atoms. The molecule has 0 aliphatic carbocycles. The maximum absolute atomic E-state index is 13.7. The van der Waals surface area contributed by atoms with Crippen LogP contribution >= 0.6 is 11.6 Å². The molecule has 1 heterocycles. The van der Waals surface area contributed by atoms with E-state index < -0.39 is 0 Å².